The van der Waals surface area contributed by atoms with E-state index >= 15 is 0 Å². The summed E-state index contributed by atoms with van der Waals surface area (Å²) in [5, 5.41) is 12.9. The van der Waals surface area contributed by atoms with Crippen molar-refractivity contribution in [1.29, 1.82) is 0 Å². The van der Waals surface area contributed by atoms with Crippen LogP contribution in [0, 0.1) is 0 Å². The third-order valence-electron chi connectivity index (χ3n) is 2.15. The van der Waals surface area contributed by atoms with E-state index in [0.717, 1.165) is 16.9 Å². The minimum atomic E-state index is -0.772. The van der Waals surface area contributed by atoms with Crippen LogP contribution >= 0.6 is 22.9 Å². The summed E-state index contributed by atoms with van der Waals surface area (Å²) < 4.78 is 0. The van der Waals surface area contributed by atoms with Crippen molar-refractivity contribution in [2.45, 2.75) is 6.54 Å². The van der Waals surface area contributed by atoms with Crippen molar-refractivity contribution in [1.82, 2.24) is 15.5 Å². The Morgan fingerprint density at radius 2 is 1.95 bits per heavy atom. The quantitative estimate of drug-likeness (QED) is 0.840. The monoisotopic (exact) mass is 296 g/mol. The molecule has 2 rings (SSSR count). The van der Waals surface area contributed by atoms with Gasteiger partial charge in [-0.25, -0.2) is 0 Å². The summed E-state index contributed by atoms with van der Waals surface area (Å²) in [5.74, 6) is -1.50. The van der Waals surface area contributed by atoms with Gasteiger partial charge in [-0.05, 0) is 17.7 Å². The summed E-state index contributed by atoms with van der Waals surface area (Å²) in [6.45, 7) is 0.250. The van der Waals surface area contributed by atoms with Crippen molar-refractivity contribution in [2.24, 2.45) is 0 Å². The smallest absolute Gasteiger partial charge is 0.315 e. The molecule has 2 N–H and O–H groups in total. The predicted molar refractivity (Wildman–Crippen MR) is 71.8 cm³/mol. The number of nitrogens with zero attached hydrogens (tertiary/aromatic N) is 2. The van der Waals surface area contributed by atoms with Crippen molar-refractivity contribution in [3.63, 3.8) is 0 Å². The maximum Gasteiger partial charge on any atom is 0.315 e. The third kappa shape index (κ3) is 4.01. The molecule has 0 bridgehead atoms. The molecule has 0 unspecified atom stereocenters. The fourth-order valence-corrected chi connectivity index (χ4v) is 1.81. The van der Waals surface area contributed by atoms with E-state index in [-0.39, 0.29) is 11.7 Å². The zero-order valence-corrected chi connectivity index (χ0v) is 11.2. The fourth-order valence-electron chi connectivity index (χ4n) is 1.25. The average Bonchev–Trinajstić information content (AvgIpc) is 2.90. The van der Waals surface area contributed by atoms with E-state index in [4.69, 9.17) is 11.6 Å². The Kier molecular flexibility index (Phi) is 4.43. The molecule has 8 heteroatoms. The second-order valence-corrected chi connectivity index (χ2v) is 4.78. The molecule has 19 heavy (non-hydrogen) atoms. The van der Waals surface area contributed by atoms with Crippen molar-refractivity contribution >= 4 is 39.9 Å². The van der Waals surface area contributed by atoms with Crippen LogP contribution < -0.4 is 10.6 Å². The van der Waals surface area contributed by atoms with Gasteiger partial charge in [-0.15, -0.1) is 10.2 Å². The normalized spacial score (nSPS) is 9.95. The number of carbonyl (C=O) groups is 2. The molecule has 2 aromatic rings. The van der Waals surface area contributed by atoms with Crippen LogP contribution in [0.2, 0.25) is 5.02 Å². The lowest BCUT2D eigenvalue weighted by atomic mass is 10.2. The first-order chi connectivity index (χ1) is 9.15. The molecule has 6 nitrogen and oxygen atoms in total. The number of hydrogen-bond donors (Lipinski definition) is 2. The Morgan fingerprint density at radius 3 is 2.58 bits per heavy atom. The minimum Gasteiger partial charge on any atom is -0.344 e. The molecule has 1 aromatic carbocycles. The molecule has 2 amide bonds. The molecule has 0 saturated carbocycles. The maximum absolute atomic E-state index is 11.5. The van der Waals surface area contributed by atoms with Crippen LogP contribution in [0.1, 0.15) is 5.56 Å². The van der Waals surface area contributed by atoms with Crippen molar-refractivity contribution in [3.05, 3.63) is 40.4 Å². The van der Waals surface area contributed by atoms with Crippen molar-refractivity contribution in [3.8, 4) is 0 Å². The van der Waals surface area contributed by atoms with Gasteiger partial charge in [0, 0.05) is 11.6 Å². The molecular formula is C11H9ClN4O2S. The van der Waals surface area contributed by atoms with Gasteiger partial charge in [-0.1, -0.05) is 35.1 Å². The molecule has 0 atom stereocenters. The van der Waals surface area contributed by atoms with Crippen LogP contribution in [0.5, 0.6) is 0 Å². The van der Waals surface area contributed by atoms with Crippen molar-refractivity contribution in [2.75, 3.05) is 5.32 Å². The zero-order valence-electron chi connectivity index (χ0n) is 9.59. The van der Waals surface area contributed by atoms with Crippen LogP contribution in [0.25, 0.3) is 0 Å². The Balaban J connectivity index is 1.84. The highest BCUT2D eigenvalue weighted by Crippen LogP contribution is 2.09. The first kappa shape index (κ1) is 13.4. The van der Waals surface area contributed by atoms with Gasteiger partial charge in [0.05, 0.1) is 0 Å². The summed E-state index contributed by atoms with van der Waals surface area (Å²) in [4.78, 5) is 23.0. The third-order valence-corrected chi connectivity index (χ3v) is 3.01. The summed E-state index contributed by atoms with van der Waals surface area (Å²) in [5.41, 5.74) is 2.31. The molecule has 0 spiro atoms. The molecule has 0 aliphatic rings. The molecule has 1 heterocycles. The predicted octanol–water partition coefficient (Wildman–Crippen LogP) is 1.45. The lowest BCUT2D eigenvalue weighted by Gasteiger charge is -2.04. The van der Waals surface area contributed by atoms with Crippen LogP contribution in [0.4, 0.5) is 5.13 Å². The molecule has 0 saturated heterocycles. The first-order valence-electron chi connectivity index (χ1n) is 5.25. The number of aromatic nitrogens is 2. The number of amides is 2. The van der Waals surface area contributed by atoms with Gasteiger partial charge in [-0.3, -0.25) is 14.9 Å². The highest BCUT2D eigenvalue weighted by atomic mass is 35.5. The fraction of sp³-hybridized carbons (Fsp3) is 0.0909. The molecule has 0 aliphatic carbocycles. The standard InChI is InChI=1S/C11H9ClN4O2S/c12-8-3-1-7(2-4-8)5-13-9(17)10(18)15-11-16-14-6-19-11/h1-4,6H,5H2,(H,13,17)(H,15,16,18). The second-order valence-electron chi connectivity index (χ2n) is 3.51. The number of benzene rings is 1. The Bertz CT molecular complexity index is 571. The highest BCUT2D eigenvalue weighted by molar-refractivity contribution is 7.13. The van der Waals surface area contributed by atoms with E-state index in [1.54, 1.807) is 24.3 Å². The largest absolute Gasteiger partial charge is 0.344 e. The lowest BCUT2D eigenvalue weighted by molar-refractivity contribution is -0.136. The highest BCUT2D eigenvalue weighted by Gasteiger charge is 2.14. The zero-order chi connectivity index (χ0) is 13.7. The SMILES string of the molecule is O=C(NCc1ccc(Cl)cc1)C(=O)Nc1nncs1. The van der Waals surface area contributed by atoms with E-state index in [1.165, 1.54) is 5.51 Å². The summed E-state index contributed by atoms with van der Waals surface area (Å²) >= 11 is 6.88. The van der Waals surface area contributed by atoms with Crippen LogP contribution in [-0.4, -0.2) is 22.0 Å². The van der Waals surface area contributed by atoms with E-state index < -0.39 is 11.8 Å². The molecule has 0 aliphatic heterocycles. The van der Waals surface area contributed by atoms with Gasteiger partial charge >= 0.3 is 11.8 Å². The van der Waals surface area contributed by atoms with Gasteiger partial charge in [0.1, 0.15) is 5.51 Å². The average molecular weight is 297 g/mol. The van der Waals surface area contributed by atoms with Gasteiger partial charge in [0.15, 0.2) is 0 Å². The molecule has 0 radical (unpaired) electrons. The van der Waals surface area contributed by atoms with Crippen LogP contribution in [-0.2, 0) is 16.1 Å². The number of carbonyl (C=O) groups excluding carboxylic acids is 2. The second kappa shape index (κ2) is 6.26. The van der Waals surface area contributed by atoms with Gasteiger partial charge in [0.25, 0.3) is 0 Å². The van der Waals surface area contributed by atoms with E-state index in [2.05, 4.69) is 20.8 Å². The molecule has 98 valence electrons. The Hall–Kier alpha value is -1.99. The van der Waals surface area contributed by atoms with Gasteiger partial charge in [0.2, 0.25) is 5.13 Å². The maximum atomic E-state index is 11.5. The summed E-state index contributed by atoms with van der Waals surface area (Å²) in [6, 6.07) is 6.96. The van der Waals surface area contributed by atoms with E-state index in [1.807, 2.05) is 0 Å². The number of halogens is 1. The topological polar surface area (TPSA) is 84.0 Å². The van der Waals surface area contributed by atoms with E-state index in [9.17, 15) is 9.59 Å². The number of rotatable bonds is 3. The molecular weight excluding hydrogens is 288 g/mol. The molecule has 0 fully saturated rings. The summed E-state index contributed by atoms with van der Waals surface area (Å²) in [6.07, 6.45) is 0. The van der Waals surface area contributed by atoms with Crippen molar-refractivity contribution < 1.29 is 9.59 Å². The summed E-state index contributed by atoms with van der Waals surface area (Å²) in [7, 11) is 0. The molecule has 1 aromatic heterocycles. The van der Waals surface area contributed by atoms with Gasteiger partial charge in [-0.2, -0.15) is 0 Å². The number of anilines is 1. The van der Waals surface area contributed by atoms with E-state index in [0.29, 0.717) is 5.02 Å². The number of nitrogens with one attached hydrogen (secondary N) is 2. The Labute approximate surface area is 117 Å². The van der Waals surface area contributed by atoms with Crippen LogP contribution in [0.3, 0.4) is 0 Å². The van der Waals surface area contributed by atoms with Gasteiger partial charge < -0.3 is 5.32 Å². The first-order valence-corrected chi connectivity index (χ1v) is 6.50. The van der Waals surface area contributed by atoms with Crippen LogP contribution in [0.15, 0.2) is 29.8 Å². The Morgan fingerprint density at radius 1 is 1.21 bits per heavy atom. The number of hydrogen-bond acceptors (Lipinski definition) is 5. The lowest BCUT2D eigenvalue weighted by Crippen LogP contribution is -2.34. The minimum absolute atomic E-state index is 0.250.